The molecule has 0 aliphatic heterocycles. The van der Waals surface area contributed by atoms with Crippen LogP contribution in [0.2, 0.25) is 0 Å². The molecule has 54 heavy (non-hydrogen) atoms. The van der Waals surface area contributed by atoms with Crippen LogP contribution in [-0.4, -0.2) is 74.2 Å². The number of carbonyl (C=O) groups excluding carboxylic acids is 2. The third-order valence-electron chi connectivity index (χ3n) is 15.6. The quantitative estimate of drug-likeness (QED) is 0.122. The summed E-state index contributed by atoms with van der Waals surface area (Å²) in [7, 11) is 4.19. The normalized spacial score (nSPS) is 31.0. The molecular weight excluding hydrogens is 669 g/mol. The average molecular weight is 757 g/mol. The van der Waals surface area contributed by atoms with Crippen molar-refractivity contribution in [2.75, 3.05) is 40.3 Å². The lowest BCUT2D eigenvalue weighted by Crippen LogP contribution is -2.40. The van der Waals surface area contributed by atoms with E-state index in [9.17, 15) is 9.59 Å². The molecule has 0 atom stereocenters. The summed E-state index contributed by atoms with van der Waals surface area (Å²) >= 11 is 0. The van der Waals surface area contributed by atoms with E-state index in [1.807, 2.05) is 0 Å². The molecule has 0 heterocycles. The first-order chi connectivity index (χ1) is 25.7. The average Bonchev–Trinajstić information content (AvgIpc) is 3.15. The highest BCUT2D eigenvalue weighted by atomic mass is 16.5. The molecule has 4 saturated carbocycles. The standard InChI is InChI=1S/C48H88N2O4/c1-33(2)37-11-19-41(20-12-37)47(42-21-13-38(14-22-42)34(3)4)53-45(51)27-29-50(32-31-49(9)10)30-28-46(52)54-48(43-23-15-39(16-24-43)35(5)6)44-25-17-40(18-26-44)36(7)8/h33-44,47-48H,11-32H2,1-10H3. The highest BCUT2D eigenvalue weighted by Gasteiger charge is 2.40. The van der Waals surface area contributed by atoms with Crippen molar-refractivity contribution in [3.05, 3.63) is 0 Å². The van der Waals surface area contributed by atoms with Gasteiger partial charge < -0.3 is 19.3 Å². The molecule has 314 valence electrons. The van der Waals surface area contributed by atoms with Crippen molar-refractivity contribution in [3.8, 4) is 0 Å². The number of carbonyl (C=O) groups is 2. The van der Waals surface area contributed by atoms with Crippen LogP contribution in [0.25, 0.3) is 0 Å². The molecule has 0 aromatic carbocycles. The zero-order chi connectivity index (χ0) is 39.4. The van der Waals surface area contributed by atoms with Gasteiger partial charge in [-0.3, -0.25) is 9.59 Å². The molecule has 4 rings (SSSR count). The van der Waals surface area contributed by atoms with Crippen LogP contribution in [0, 0.1) is 71.0 Å². The number of likely N-dealkylation sites (N-methyl/N-ethyl adjacent to an activating group) is 1. The molecule has 0 aromatic heterocycles. The number of nitrogens with zero attached hydrogens (tertiary/aromatic N) is 2. The molecule has 0 saturated heterocycles. The lowest BCUT2D eigenvalue weighted by Gasteiger charge is -2.41. The van der Waals surface area contributed by atoms with E-state index in [-0.39, 0.29) is 24.1 Å². The van der Waals surface area contributed by atoms with Gasteiger partial charge in [0.25, 0.3) is 0 Å². The van der Waals surface area contributed by atoms with E-state index < -0.39 is 0 Å². The van der Waals surface area contributed by atoms with E-state index >= 15 is 0 Å². The van der Waals surface area contributed by atoms with Crippen LogP contribution in [0.1, 0.15) is 171 Å². The fourth-order valence-electron chi connectivity index (χ4n) is 11.3. The maximum absolute atomic E-state index is 13.7. The van der Waals surface area contributed by atoms with Crippen LogP contribution >= 0.6 is 0 Å². The van der Waals surface area contributed by atoms with E-state index in [4.69, 9.17) is 9.47 Å². The van der Waals surface area contributed by atoms with Gasteiger partial charge in [-0.05, 0) is 188 Å². The van der Waals surface area contributed by atoms with E-state index in [1.165, 1.54) is 103 Å². The molecule has 0 N–H and O–H groups in total. The fourth-order valence-corrected chi connectivity index (χ4v) is 11.3. The molecule has 0 radical (unpaired) electrons. The molecule has 0 amide bonds. The minimum absolute atomic E-state index is 0.0385. The third kappa shape index (κ3) is 14.4. The van der Waals surface area contributed by atoms with Crippen LogP contribution in [0.15, 0.2) is 0 Å². The zero-order valence-electron chi connectivity index (χ0n) is 37.2. The second-order valence-corrected chi connectivity index (χ2v) is 20.7. The molecule has 6 heteroatoms. The lowest BCUT2D eigenvalue weighted by molar-refractivity contribution is -0.158. The van der Waals surface area contributed by atoms with Gasteiger partial charge in [0.05, 0.1) is 12.8 Å². The van der Waals surface area contributed by atoms with E-state index in [0.717, 1.165) is 60.4 Å². The summed E-state index contributed by atoms with van der Waals surface area (Å²) in [6, 6.07) is 0. The largest absolute Gasteiger partial charge is 0.462 e. The Balaban J connectivity index is 1.34. The molecule has 0 aromatic rings. The Hall–Kier alpha value is -1.14. The second kappa shape index (κ2) is 22.7. The predicted molar refractivity (Wildman–Crippen MR) is 225 cm³/mol. The summed E-state index contributed by atoms with van der Waals surface area (Å²) in [4.78, 5) is 32.0. The number of esters is 2. The molecule has 4 aliphatic rings. The Morgan fingerprint density at radius 2 is 0.648 bits per heavy atom. The van der Waals surface area contributed by atoms with E-state index in [1.54, 1.807) is 0 Å². The molecule has 0 spiro atoms. The summed E-state index contributed by atoms with van der Waals surface area (Å²) in [5, 5.41) is 0. The Morgan fingerprint density at radius 1 is 0.407 bits per heavy atom. The van der Waals surface area contributed by atoms with E-state index in [0.29, 0.717) is 49.6 Å². The minimum atomic E-state index is -0.0385. The SMILES string of the molecule is CC(C)C1CCC(C(OC(=O)CCN(CCC(=O)OC(C2CCC(C(C)C)CC2)C2CCC(C(C)C)CC2)CCN(C)C)C2CCC(C(C)C)CC2)CC1. The molecule has 0 unspecified atom stereocenters. The van der Waals surface area contributed by atoms with Gasteiger partial charge in [0.15, 0.2) is 0 Å². The third-order valence-corrected chi connectivity index (χ3v) is 15.6. The fraction of sp³-hybridized carbons (Fsp3) is 0.958. The highest BCUT2D eigenvalue weighted by Crippen LogP contribution is 2.44. The van der Waals surface area contributed by atoms with Crippen molar-refractivity contribution in [1.82, 2.24) is 9.80 Å². The summed E-state index contributed by atoms with van der Waals surface area (Å²) in [5.41, 5.74) is 0. The summed E-state index contributed by atoms with van der Waals surface area (Å²) in [5.74, 6) is 8.08. The topological polar surface area (TPSA) is 59.1 Å². The first kappa shape index (κ1) is 45.6. The van der Waals surface area contributed by atoms with Crippen molar-refractivity contribution in [3.63, 3.8) is 0 Å². The van der Waals surface area contributed by atoms with Crippen molar-refractivity contribution in [2.24, 2.45) is 71.0 Å². The zero-order valence-corrected chi connectivity index (χ0v) is 37.2. The van der Waals surface area contributed by atoms with Crippen molar-refractivity contribution in [2.45, 2.75) is 183 Å². The van der Waals surface area contributed by atoms with Crippen LogP contribution in [0.3, 0.4) is 0 Å². The summed E-state index contributed by atoms with van der Waals surface area (Å²) in [6.07, 6.45) is 20.6. The van der Waals surface area contributed by atoms with Gasteiger partial charge in [-0.2, -0.15) is 0 Å². The van der Waals surface area contributed by atoms with Crippen LogP contribution in [0.5, 0.6) is 0 Å². The van der Waals surface area contributed by atoms with Gasteiger partial charge in [0.1, 0.15) is 12.2 Å². The van der Waals surface area contributed by atoms with Crippen molar-refractivity contribution in [1.29, 1.82) is 0 Å². The molecule has 4 fully saturated rings. The van der Waals surface area contributed by atoms with Crippen molar-refractivity contribution < 1.29 is 19.1 Å². The van der Waals surface area contributed by atoms with Gasteiger partial charge in [-0.25, -0.2) is 0 Å². The maximum Gasteiger partial charge on any atom is 0.307 e. The number of ether oxygens (including phenoxy) is 2. The molecule has 6 nitrogen and oxygen atoms in total. The Kier molecular flexibility index (Phi) is 19.2. The van der Waals surface area contributed by atoms with Crippen molar-refractivity contribution >= 4 is 11.9 Å². The Morgan fingerprint density at radius 3 is 0.870 bits per heavy atom. The maximum atomic E-state index is 13.7. The van der Waals surface area contributed by atoms with E-state index in [2.05, 4.69) is 79.3 Å². The summed E-state index contributed by atoms with van der Waals surface area (Å²) in [6.45, 7) is 21.9. The first-order valence-electron chi connectivity index (χ1n) is 23.5. The van der Waals surface area contributed by atoms with Crippen LogP contribution < -0.4 is 0 Å². The molecule has 4 aliphatic carbocycles. The first-order valence-corrected chi connectivity index (χ1v) is 23.5. The molecular formula is C48H88N2O4. The van der Waals surface area contributed by atoms with Crippen LogP contribution in [0.4, 0.5) is 0 Å². The van der Waals surface area contributed by atoms with Gasteiger partial charge >= 0.3 is 11.9 Å². The van der Waals surface area contributed by atoms with Gasteiger partial charge in [0.2, 0.25) is 0 Å². The van der Waals surface area contributed by atoms with Crippen LogP contribution in [-0.2, 0) is 19.1 Å². The number of hydrogen-bond donors (Lipinski definition) is 0. The number of hydrogen-bond acceptors (Lipinski definition) is 6. The molecule has 0 bridgehead atoms. The van der Waals surface area contributed by atoms with Gasteiger partial charge in [0, 0.05) is 26.2 Å². The van der Waals surface area contributed by atoms with Gasteiger partial charge in [-0.1, -0.05) is 55.4 Å². The lowest BCUT2D eigenvalue weighted by atomic mass is 9.68. The number of rotatable bonds is 19. The van der Waals surface area contributed by atoms with Gasteiger partial charge in [-0.15, -0.1) is 0 Å². The smallest absolute Gasteiger partial charge is 0.307 e. The monoisotopic (exact) mass is 757 g/mol. The second-order valence-electron chi connectivity index (χ2n) is 20.7. The Bertz CT molecular complexity index is 923. The predicted octanol–water partition coefficient (Wildman–Crippen LogP) is 11.3. The minimum Gasteiger partial charge on any atom is -0.462 e. The highest BCUT2D eigenvalue weighted by molar-refractivity contribution is 5.70. The Labute approximate surface area is 334 Å². The summed E-state index contributed by atoms with van der Waals surface area (Å²) < 4.78 is 13.2.